The van der Waals surface area contributed by atoms with E-state index in [0.717, 1.165) is 7.11 Å². The molecular weight excluding hydrogens is 526 g/mol. The van der Waals surface area contributed by atoms with Crippen LogP contribution < -0.4 is 0 Å². The molecule has 0 bridgehead atoms. The lowest BCUT2D eigenvalue weighted by Gasteiger charge is -2.36. The van der Waals surface area contributed by atoms with E-state index < -0.39 is 29.9 Å². The summed E-state index contributed by atoms with van der Waals surface area (Å²) in [6, 6.07) is 13.9. The maximum atomic E-state index is 14.4. The van der Waals surface area contributed by atoms with Gasteiger partial charge in [-0.25, -0.2) is 0 Å². The SMILES string of the molecule is CO.Cc1cc(-c2ccccc2)c(C(O)(CC(F)(F)F)C(F)(F)F)c(CCc2ccc(CO)c(CO)c2)c1C. The summed E-state index contributed by atoms with van der Waals surface area (Å²) in [4.78, 5) is 0. The van der Waals surface area contributed by atoms with E-state index in [-0.39, 0.29) is 42.7 Å². The molecule has 0 aliphatic carbocycles. The predicted octanol–water partition coefficient (Wildman–Crippen LogP) is 6.05. The fourth-order valence-corrected chi connectivity index (χ4v) is 4.64. The van der Waals surface area contributed by atoms with Crippen molar-refractivity contribution in [2.75, 3.05) is 7.11 Å². The molecular formula is C29H32F6O4. The summed E-state index contributed by atoms with van der Waals surface area (Å²) >= 11 is 0. The highest BCUT2D eigenvalue weighted by Crippen LogP contribution is 2.51. The highest BCUT2D eigenvalue weighted by molar-refractivity contribution is 5.73. The summed E-state index contributed by atoms with van der Waals surface area (Å²) < 4.78 is 83.7. The van der Waals surface area contributed by atoms with Crippen molar-refractivity contribution < 1.29 is 46.8 Å². The van der Waals surface area contributed by atoms with E-state index in [1.165, 1.54) is 25.1 Å². The lowest BCUT2D eigenvalue weighted by Crippen LogP contribution is -2.47. The zero-order valence-corrected chi connectivity index (χ0v) is 21.8. The molecule has 3 rings (SSSR count). The average molecular weight is 559 g/mol. The number of alkyl halides is 6. The van der Waals surface area contributed by atoms with Gasteiger partial charge in [0.2, 0.25) is 0 Å². The third-order valence-corrected chi connectivity index (χ3v) is 6.67. The number of hydrogen-bond donors (Lipinski definition) is 4. The van der Waals surface area contributed by atoms with E-state index in [0.29, 0.717) is 27.8 Å². The van der Waals surface area contributed by atoms with E-state index in [2.05, 4.69) is 0 Å². The quantitative estimate of drug-likeness (QED) is 0.254. The summed E-state index contributed by atoms with van der Waals surface area (Å²) in [6.45, 7) is 2.51. The fourth-order valence-electron chi connectivity index (χ4n) is 4.64. The number of halogens is 6. The molecule has 0 spiro atoms. The van der Waals surface area contributed by atoms with Gasteiger partial charge in [0.15, 0.2) is 5.60 Å². The maximum Gasteiger partial charge on any atom is 0.421 e. The Hall–Kier alpha value is -2.92. The first-order valence-electron chi connectivity index (χ1n) is 12.0. The van der Waals surface area contributed by atoms with Crippen LogP contribution in [0.3, 0.4) is 0 Å². The number of aliphatic hydroxyl groups is 4. The van der Waals surface area contributed by atoms with Gasteiger partial charge in [-0.15, -0.1) is 0 Å². The molecule has 0 heterocycles. The second-order valence-corrected chi connectivity index (χ2v) is 9.15. The summed E-state index contributed by atoms with van der Waals surface area (Å²) in [7, 11) is 1.00. The molecule has 0 saturated carbocycles. The number of aliphatic hydroxyl groups excluding tert-OH is 3. The number of rotatable bonds is 8. The van der Waals surface area contributed by atoms with Crippen LogP contribution >= 0.6 is 0 Å². The zero-order chi connectivity index (χ0) is 29.6. The molecule has 0 aliphatic heterocycles. The monoisotopic (exact) mass is 558 g/mol. The minimum Gasteiger partial charge on any atom is -0.400 e. The van der Waals surface area contributed by atoms with Crippen LogP contribution in [0.1, 0.15) is 45.4 Å². The van der Waals surface area contributed by atoms with Gasteiger partial charge in [0.25, 0.3) is 0 Å². The molecule has 0 fully saturated rings. The Labute approximate surface area is 223 Å². The Bertz CT molecular complexity index is 1240. The van der Waals surface area contributed by atoms with Crippen molar-refractivity contribution in [2.45, 2.75) is 64.3 Å². The lowest BCUT2D eigenvalue weighted by atomic mass is 9.76. The van der Waals surface area contributed by atoms with Crippen molar-refractivity contribution in [1.82, 2.24) is 0 Å². The van der Waals surface area contributed by atoms with Crippen LogP contribution in [0, 0.1) is 13.8 Å². The molecule has 39 heavy (non-hydrogen) atoms. The molecule has 4 nitrogen and oxygen atoms in total. The van der Waals surface area contributed by atoms with Crippen molar-refractivity contribution >= 4 is 0 Å². The number of hydrogen-bond acceptors (Lipinski definition) is 4. The molecule has 0 aromatic heterocycles. The van der Waals surface area contributed by atoms with E-state index in [1.54, 1.807) is 43.3 Å². The molecule has 3 aromatic carbocycles. The molecule has 0 saturated heterocycles. The first-order chi connectivity index (χ1) is 18.2. The van der Waals surface area contributed by atoms with Crippen LogP contribution in [0.2, 0.25) is 0 Å². The predicted molar refractivity (Wildman–Crippen MR) is 136 cm³/mol. The van der Waals surface area contributed by atoms with Crippen molar-refractivity contribution in [1.29, 1.82) is 0 Å². The van der Waals surface area contributed by atoms with Gasteiger partial charge < -0.3 is 20.4 Å². The molecule has 0 amide bonds. The number of aryl methyl sites for hydroxylation is 2. The van der Waals surface area contributed by atoms with Gasteiger partial charge in [-0.3, -0.25) is 0 Å². The van der Waals surface area contributed by atoms with Gasteiger partial charge in [0.1, 0.15) is 0 Å². The highest BCUT2D eigenvalue weighted by Gasteiger charge is 2.61. The fraction of sp³-hybridized carbons (Fsp3) is 0.379. The van der Waals surface area contributed by atoms with E-state index in [4.69, 9.17) is 5.11 Å². The summed E-state index contributed by atoms with van der Waals surface area (Å²) in [5.74, 6) is 0. The molecule has 0 radical (unpaired) electrons. The molecule has 0 aliphatic rings. The van der Waals surface area contributed by atoms with Crippen molar-refractivity contribution in [3.63, 3.8) is 0 Å². The Balaban J connectivity index is 0.00000260. The van der Waals surface area contributed by atoms with Crippen molar-refractivity contribution in [2.24, 2.45) is 0 Å². The van der Waals surface area contributed by atoms with Crippen LogP contribution in [0.4, 0.5) is 26.3 Å². The Morgan fingerprint density at radius 1 is 0.744 bits per heavy atom. The topological polar surface area (TPSA) is 80.9 Å². The van der Waals surface area contributed by atoms with Crippen LogP contribution in [-0.2, 0) is 31.7 Å². The van der Waals surface area contributed by atoms with Crippen LogP contribution in [-0.4, -0.2) is 39.9 Å². The van der Waals surface area contributed by atoms with E-state index in [1.807, 2.05) is 0 Å². The van der Waals surface area contributed by atoms with Crippen LogP contribution in [0.15, 0.2) is 54.6 Å². The first-order valence-corrected chi connectivity index (χ1v) is 12.0. The van der Waals surface area contributed by atoms with Crippen molar-refractivity contribution in [3.05, 3.63) is 93.5 Å². The van der Waals surface area contributed by atoms with Gasteiger partial charge in [-0.1, -0.05) is 54.6 Å². The number of benzene rings is 3. The largest absolute Gasteiger partial charge is 0.421 e. The molecule has 1 unspecified atom stereocenters. The zero-order valence-electron chi connectivity index (χ0n) is 21.8. The molecule has 214 valence electrons. The smallest absolute Gasteiger partial charge is 0.400 e. The highest BCUT2D eigenvalue weighted by atomic mass is 19.4. The Morgan fingerprint density at radius 3 is 1.85 bits per heavy atom. The molecule has 4 N–H and O–H groups in total. The maximum absolute atomic E-state index is 14.4. The second kappa shape index (κ2) is 13.0. The average Bonchev–Trinajstić information content (AvgIpc) is 2.88. The van der Waals surface area contributed by atoms with Crippen molar-refractivity contribution in [3.8, 4) is 11.1 Å². The van der Waals surface area contributed by atoms with E-state index in [9.17, 15) is 41.7 Å². The summed E-state index contributed by atoms with van der Waals surface area (Å²) in [5.41, 5.74) is -2.40. The minimum atomic E-state index is -5.62. The Morgan fingerprint density at radius 2 is 1.33 bits per heavy atom. The van der Waals surface area contributed by atoms with E-state index >= 15 is 0 Å². The van der Waals surface area contributed by atoms with Crippen LogP contribution in [0.5, 0.6) is 0 Å². The third kappa shape index (κ3) is 7.39. The normalized spacial score (nSPS) is 13.5. The molecule has 3 aromatic rings. The second-order valence-electron chi connectivity index (χ2n) is 9.15. The first kappa shape index (κ1) is 32.3. The third-order valence-electron chi connectivity index (χ3n) is 6.67. The Kier molecular flexibility index (Phi) is 10.7. The summed E-state index contributed by atoms with van der Waals surface area (Å²) in [5, 5.41) is 36.9. The van der Waals surface area contributed by atoms with Gasteiger partial charge in [-0.2, -0.15) is 26.3 Å². The molecule has 1 atom stereocenters. The lowest BCUT2D eigenvalue weighted by molar-refractivity contribution is -0.300. The standard InChI is InChI=1S/C28H28F6O3.CH4O/c1-17-12-24(20-6-4-3-5-7-20)25(26(37,28(32,33)34)16-27(29,30)31)23(18(17)2)11-9-19-8-10-21(14-35)22(13-19)15-36;1-2/h3-8,10,12-13,35-37H,9,11,14-16H2,1-2H3;2H,1H3. The van der Waals surface area contributed by atoms with Gasteiger partial charge in [0.05, 0.1) is 19.6 Å². The minimum absolute atomic E-state index is 0.0142. The van der Waals surface area contributed by atoms with Gasteiger partial charge >= 0.3 is 12.4 Å². The van der Waals surface area contributed by atoms with Crippen LogP contribution in [0.25, 0.3) is 11.1 Å². The summed E-state index contributed by atoms with van der Waals surface area (Å²) in [6.07, 6.45) is -13.4. The van der Waals surface area contributed by atoms with Gasteiger partial charge in [0, 0.05) is 12.7 Å². The molecule has 10 heteroatoms. The van der Waals surface area contributed by atoms with Gasteiger partial charge in [-0.05, 0) is 71.2 Å².